The standard InChI is InChI=1S/C26H22N4O2S3/c31-22-17-33-24(30(22)15-18-7-3-1-4-8-18)21-13-11-20(12-14-21)23(32)27-25-28-29-26(35-25)34-16-19-9-5-2-6-10-19/h1-14,24H,15-17H2,(H,27,28,32)/t24-/m0/s1. The average molecular weight is 519 g/mol. The number of rotatable bonds is 8. The lowest BCUT2D eigenvalue weighted by Gasteiger charge is -2.24. The lowest BCUT2D eigenvalue weighted by atomic mass is 10.1. The predicted octanol–water partition coefficient (Wildman–Crippen LogP) is 5.86. The van der Waals surface area contributed by atoms with Crippen molar-refractivity contribution in [1.82, 2.24) is 15.1 Å². The van der Waals surface area contributed by atoms with Crippen LogP contribution in [0.2, 0.25) is 0 Å². The number of amides is 2. The van der Waals surface area contributed by atoms with Gasteiger partial charge in [-0.2, -0.15) is 0 Å². The Balaban J connectivity index is 1.20. The smallest absolute Gasteiger partial charge is 0.257 e. The zero-order valence-electron chi connectivity index (χ0n) is 18.7. The van der Waals surface area contributed by atoms with Crippen molar-refractivity contribution in [2.45, 2.75) is 22.0 Å². The molecule has 1 saturated heterocycles. The van der Waals surface area contributed by atoms with Gasteiger partial charge in [0.05, 0.1) is 5.75 Å². The number of carbonyl (C=O) groups excluding carboxylic acids is 2. The summed E-state index contributed by atoms with van der Waals surface area (Å²) in [7, 11) is 0. The fraction of sp³-hybridized carbons (Fsp3) is 0.154. The maximum Gasteiger partial charge on any atom is 0.257 e. The average Bonchev–Trinajstić information content (AvgIpc) is 3.50. The van der Waals surface area contributed by atoms with Crippen LogP contribution in [0.25, 0.3) is 0 Å². The van der Waals surface area contributed by atoms with Crippen LogP contribution in [0.15, 0.2) is 89.3 Å². The highest BCUT2D eigenvalue weighted by Crippen LogP contribution is 2.39. The van der Waals surface area contributed by atoms with Crippen LogP contribution in [-0.4, -0.2) is 32.7 Å². The van der Waals surface area contributed by atoms with Crippen molar-refractivity contribution in [2.75, 3.05) is 11.1 Å². The Morgan fingerprint density at radius 1 is 0.943 bits per heavy atom. The van der Waals surface area contributed by atoms with Crippen molar-refractivity contribution in [3.63, 3.8) is 0 Å². The van der Waals surface area contributed by atoms with Crippen molar-refractivity contribution in [3.8, 4) is 0 Å². The van der Waals surface area contributed by atoms with Crippen LogP contribution in [-0.2, 0) is 17.1 Å². The fourth-order valence-electron chi connectivity index (χ4n) is 3.69. The molecule has 0 aliphatic carbocycles. The molecule has 2 amide bonds. The number of carbonyl (C=O) groups is 2. The van der Waals surface area contributed by atoms with Crippen molar-refractivity contribution in [1.29, 1.82) is 0 Å². The van der Waals surface area contributed by atoms with Gasteiger partial charge >= 0.3 is 0 Å². The Bertz CT molecular complexity index is 1300. The normalized spacial score (nSPS) is 15.4. The topological polar surface area (TPSA) is 75.2 Å². The van der Waals surface area contributed by atoms with Crippen LogP contribution < -0.4 is 5.32 Å². The molecule has 9 heteroatoms. The molecule has 4 aromatic rings. The first-order valence-corrected chi connectivity index (χ1v) is 13.9. The molecule has 1 aliphatic rings. The summed E-state index contributed by atoms with van der Waals surface area (Å²) in [5.41, 5.74) is 3.85. The van der Waals surface area contributed by atoms with Gasteiger partial charge in [-0.15, -0.1) is 22.0 Å². The first-order chi connectivity index (χ1) is 17.2. The van der Waals surface area contributed by atoms with Crippen LogP contribution >= 0.6 is 34.9 Å². The minimum atomic E-state index is -0.233. The highest BCUT2D eigenvalue weighted by Gasteiger charge is 2.32. The number of hydrogen-bond donors (Lipinski definition) is 1. The highest BCUT2D eigenvalue weighted by molar-refractivity contribution is 8.00. The summed E-state index contributed by atoms with van der Waals surface area (Å²) in [5.74, 6) is 1.15. The first-order valence-electron chi connectivity index (χ1n) is 11.0. The van der Waals surface area contributed by atoms with Crippen molar-refractivity contribution in [3.05, 3.63) is 107 Å². The van der Waals surface area contributed by atoms with Gasteiger partial charge in [0.15, 0.2) is 4.34 Å². The molecule has 3 aromatic carbocycles. The number of benzene rings is 3. The van der Waals surface area contributed by atoms with E-state index >= 15 is 0 Å². The quantitative estimate of drug-likeness (QED) is 0.233. The summed E-state index contributed by atoms with van der Waals surface area (Å²) in [4.78, 5) is 27.1. The lowest BCUT2D eigenvalue weighted by Crippen LogP contribution is -2.27. The monoisotopic (exact) mass is 518 g/mol. The molecular formula is C26H22N4O2S3. The molecule has 0 saturated carbocycles. The molecule has 0 unspecified atom stereocenters. The number of hydrogen-bond acceptors (Lipinski definition) is 7. The van der Waals surface area contributed by atoms with E-state index in [0.717, 1.165) is 21.2 Å². The fourth-order valence-corrected chi connectivity index (χ4v) is 6.58. The van der Waals surface area contributed by atoms with E-state index in [0.29, 0.717) is 23.0 Å². The third-order valence-corrected chi connectivity index (χ3v) is 8.75. The Morgan fingerprint density at radius 3 is 2.34 bits per heavy atom. The summed E-state index contributed by atoms with van der Waals surface area (Å²) in [6.07, 6.45) is 0. The van der Waals surface area contributed by atoms with E-state index in [1.54, 1.807) is 35.7 Å². The molecule has 1 N–H and O–H groups in total. The Morgan fingerprint density at radius 2 is 1.63 bits per heavy atom. The lowest BCUT2D eigenvalue weighted by molar-refractivity contribution is -0.128. The summed E-state index contributed by atoms with van der Waals surface area (Å²) in [6, 6.07) is 27.6. The van der Waals surface area contributed by atoms with E-state index in [9.17, 15) is 9.59 Å². The summed E-state index contributed by atoms with van der Waals surface area (Å²) in [5, 5.41) is 11.5. The van der Waals surface area contributed by atoms with E-state index in [2.05, 4.69) is 27.6 Å². The van der Waals surface area contributed by atoms with Crippen molar-refractivity contribution < 1.29 is 9.59 Å². The second-order valence-electron chi connectivity index (χ2n) is 7.89. The molecule has 176 valence electrons. The van der Waals surface area contributed by atoms with E-state index in [1.807, 2.05) is 65.6 Å². The maximum absolute atomic E-state index is 12.7. The molecule has 35 heavy (non-hydrogen) atoms. The number of nitrogens with zero attached hydrogens (tertiary/aromatic N) is 3. The summed E-state index contributed by atoms with van der Waals surface area (Å²) in [6.45, 7) is 0.571. The third kappa shape index (κ3) is 5.93. The number of thioether (sulfide) groups is 2. The highest BCUT2D eigenvalue weighted by atomic mass is 32.2. The van der Waals surface area contributed by atoms with Gasteiger partial charge in [-0.3, -0.25) is 14.9 Å². The minimum absolute atomic E-state index is 0.0628. The minimum Gasteiger partial charge on any atom is -0.322 e. The van der Waals surface area contributed by atoms with E-state index in [4.69, 9.17) is 0 Å². The SMILES string of the molecule is O=C(Nc1nnc(SCc2ccccc2)s1)c1ccc([C@@H]2SCC(=O)N2Cc2ccccc2)cc1. The Hall–Kier alpha value is -3.14. The van der Waals surface area contributed by atoms with E-state index in [1.165, 1.54) is 16.9 Å². The maximum atomic E-state index is 12.7. The molecule has 1 aliphatic heterocycles. The summed E-state index contributed by atoms with van der Waals surface area (Å²) >= 11 is 4.57. The Kier molecular flexibility index (Phi) is 7.46. The molecule has 0 bridgehead atoms. The number of aromatic nitrogens is 2. The van der Waals surface area contributed by atoms with Crippen LogP contribution in [0.1, 0.15) is 32.4 Å². The van der Waals surface area contributed by atoms with Crippen LogP contribution in [0.5, 0.6) is 0 Å². The van der Waals surface area contributed by atoms with Gasteiger partial charge in [0.25, 0.3) is 5.91 Å². The number of anilines is 1. The van der Waals surface area contributed by atoms with Crippen molar-refractivity contribution >= 4 is 51.8 Å². The molecule has 5 rings (SSSR count). The first kappa shape index (κ1) is 23.6. The van der Waals surface area contributed by atoms with Gasteiger partial charge in [0.2, 0.25) is 11.0 Å². The molecule has 1 atom stereocenters. The van der Waals surface area contributed by atoms with E-state index in [-0.39, 0.29) is 17.2 Å². The van der Waals surface area contributed by atoms with Gasteiger partial charge in [-0.1, -0.05) is 95.9 Å². The molecule has 2 heterocycles. The van der Waals surface area contributed by atoms with Gasteiger partial charge in [-0.25, -0.2) is 0 Å². The largest absolute Gasteiger partial charge is 0.322 e. The van der Waals surface area contributed by atoms with Gasteiger partial charge in [-0.05, 0) is 28.8 Å². The molecule has 1 aromatic heterocycles. The van der Waals surface area contributed by atoms with Gasteiger partial charge < -0.3 is 4.90 Å². The third-order valence-electron chi connectivity index (χ3n) is 5.45. The Labute approximate surface area is 216 Å². The predicted molar refractivity (Wildman–Crippen MR) is 142 cm³/mol. The second-order valence-corrected chi connectivity index (χ2v) is 11.2. The van der Waals surface area contributed by atoms with Crippen LogP contribution in [0.3, 0.4) is 0 Å². The molecule has 0 radical (unpaired) electrons. The molecular weight excluding hydrogens is 497 g/mol. The second kappa shape index (κ2) is 11.1. The van der Waals surface area contributed by atoms with Crippen LogP contribution in [0, 0.1) is 0 Å². The van der Waals surface area contributed by atoms with Gasteiger partial charge in [0, 0.05) is 17.9 Å². The molecule has 6 nitrogen and oxygen atoms in total. The van der Waals surface area contributed by atoms with Crippen molar-refractivity contribution in [2.24, 2.45) is 0 Å². The van der Waals surface area contributed by atoms with Gasteiger partial charge in [0.1, 0.15) is 5.37 Å². The zero-order valence-corrected chi connectivity index (χ0v) is 21.1. The molecule has 0 spiro atoms. The van der Waals surface area contributed by atoms with E-state index < -0.39 is 0 Å². The number of nitrogens with one attached hydrogen (secondary N) is 1. The summed E-state index contributed by atoms with van der Waals surface area (Å²) < 4.78 is 0.806. The molecule has 1 fully saturated rings. The van der Waals surface area contributed by atoms with Crippen LogP contribution in [0.4, 0.5) is 5.13 Å². The zero-order chi connectivity index (χ0) is 24.0.